The molecule has 4 N–H and O–H groups in total. The molecular formula is C11H23N3O. The highest BCUT2D eigenvalue weighted by Gasteiger charge is 2.14. The highest BCUT2D eigenvalue weighted by Crippen LogP contribution is 2.17. The van der Waals surface area contributed by atoms with Crippen molar-refractivity contribution in [2.24, 2.45) is 16.6 Å². The Morgan fingerprint density at radius 1 is 1.53 bits per heavy atom. The Kier molecular flexibility index (Phi) is 5.47. The summed E-state index contributed by atoms with van der Waals surface area (Å²) in [7, 11) is 0. The van der Waals surface area contributed by atoms with E-state index in [1.165, 1.54) is 25.7 Å². The SMILES string of the molecule is CC(CCO)CN=C(N)NC1CCCC1. The van der Waals surface area contributed by atoms with Crippen LogP contribution in [-0.4, -0.2) is 30.3 Å². The number of aliphatic imine (C=N–C) groups is 1. The van der Waals surface area contributed by atoms with Gasteiger partial charge >= 0.3 is 0 Å². The lowest BCUT2D eigenvalue weighted by Gasteiger charge is -2.13. The summed E-state index contributed by atoms with van der Waals surface area (Å²) in [5.41, 5.74) is 5.77. The molecule has 1 fully saturated rings. The van der Waals surface area contributed by atoms with Crippen molar-refractivity contribution in [3.63, 3.8) is 0 Å². The molecule has 4 heteroatoms. The minimum Gasteiger partial charge on any atom is -0.396 e. The fourth-order valence-electron chi connectivity index (χ4n) is 1.89. The monoisotopic (exact) mass is 213 g/mol. The lowest BCUT2D eigenvalue weighted by molar-refractivity contribution is 0.264. The van der Waals surface area contributed by atoms with Gasteiger partial charge in [0.2, 0.25) is 0 Å². The summed E-state index contributed by atoms with van der Waals surface area (Å²) < 4.78 is 0. The Hall–Kier alpha value is -0.770. The van der Waals surface area contributed by atoms with Crippen LogP contribution in [0.5, 0.6) is 0 Å². The molecule has 0 aromatic carbocycles. The molecule has 88 valence electrons. The molecule has 1 aliphatic carbocycles. The van der Waals surface area contributed by atoms with E-state index in [4.69, 9.17) is 10.8 Å². The minimum atomic E-state index is 0.229. The van der Waals surface area contributed by atoms with Crippen LogP contribution in [0.3, 0.4) is 0 Å². The third-order valence-corrected chi connectivity index (χ3v) is 2.90. The third kappa shape index (κ3) is 5.02. The average Bonchev–Trinajstić information content (AvgIpc) is 2.68. The number of nitrogens with one attached hydrogen (secondary N) is 1. The molecule has 0 spiro atoms. The van der Waals surface area contributed by atoms with Crippen molar-refractivity contribution < 1.29 is 5.11 Å². The van der Waals surface area contributed by atoms with E-state index in [0.29, 0.717) is 24.5 Å². The Bertz CT molecular complexity index is 200. The first-order valence-electron chi connectivity index (χ1n) is 5.89. The van der Waals surface area contributed by atoms with Gasteiger partial charge < -0.3 is 16.2 Å². The number of nitrogens with zero attached hydrogens (tertiary/aromatic N) is 1. The smallest absolute Gasteiger partial charge is 0.188 e. The number of hydrogen-bond donors (Lipinski definition) is 3. The van der Waals surface area contributed by atoms with Crippen LogP contribution in [0.2, 0.25) is 0 Å². The molecule has 0 aromatic rings. The van der Waals surface area contributed by atoms with Gasteiger partial charge in [0.25, 0.3) is 0 Å². The molecule has 1 unspecified atom stereocenters. The lowest BCUT2D eigenvalue weighted by atomic mass is 10.1. The van der Waals surface area contributed by atoms with Crippen LogP contribution in [0.4, 0.5) is 0 Å². The van der Waals surface area contributed by atoms with E-state index in [0.717, 1.165) is 6.42 Å². The standard InChI is InChI=1S/C11H23N3O/c1-9(6-7-15)8-13-11(12)14-10-4-2-3-5-10/h9-10,15H,2-8H2,1H3,(H3,12,13,14). The first-order valence-corrected chi connectivity index (χ1v) is 5.89. The molecule has 0 heterocycles. The van der Waals surface area contributed by atoms with Gasteiger partial charge in [0.1, 0.15) is 0 Å². The maximum Gasteiger partial charge on any atom is 0.188 e. The summed E-state index contributed by atoms with van der Waals surface area (Å²) in [5.74, 6) is 0.964. The molecule has 0 radical (unpaired) electrons. The number of aliphatic hydroxyl groups excluding tert-OH is 1. The van der Waals surface area contributed by atoms with Gasteiger partial charge in [-0.1, -0.05) is 19.8 Å². The van der Waals surface area contributed by atoms with E-state index in [2.05, 4.69) is 17.2 Å². The minimum absolute atomic E-state index is 0.229. The largest absolute Gasteiger partial charge is 0.396 e. The van der Waals surface area contributed by atoms with Crippen molar-refractivity contribution in [3.8, 4) is 0 Å². The van der Waals surface area contributed by atoms with Crippen molar-refractivity contribution in [3.05, 3.63) is 0 Å². The fourth-order valence-corrected chi connectivity index (χ4v) is 1.89. The van der Waals surface area contributed by atoms with Crippen LogP contribution in [0, 0.1) is 5.92 Å². The van der Waals surface area contributed by atoms with Crippen LogP contribution in [0.1, 0.15) is 39.0 Å². The summed E-state index contributed by atoms with van der Waals surface area (Å²) in [6, 6.07) is 0.530. The van der Waals surface area contributed by atoms with Gasteiger partial charge in [0.05, 0.1) is 0 Å². The molecule has 0 aliphatic heterocycles. The van der Waals surface area contributed by atoms with Crippen molar-refractivity contribution in [1.29, 1.82) is 0 Å². The predicted molar refractivity (Wildman–Crippen MR) is 62.7 cm³/mol. The molecule has 1 rings (SSSR count). The Morgan fingerprint density at radius 2 is 2.20 bits per heavy atom. The van der Waals surface area contributed by atoms with E-state index in [-0.39, 0.29) is 6.61 Å². The summed E-state index contributed by atoms with van der Waals surface area (Å²) in [4.78, 5) is 4.28. The van der Waals surface area contributed by atoms with Gasteiger partial charge in [0, 0.05) is 19.2 Å². The molecule has 0 bridgehead atoms. The first-order chi connectivity index (χ1) is 7.22. The van der Waals surface area contributed by atoms with Crippen LogP contribution >= 0.6 is 0 Å². The third-order valence-electron chi connectivity index (χ3n) is 2.90. The molecule has 0 aromatic heterocycles. The van der Waals surface area contributed by atoms with Crippen LogP contribution in [-0.2, 0) is 0 Å². The highest BCUT2D eigenvalue weighted by molar-refractivity contribution is 5.78. The fraction of sp³-hybridized carbons (Fsp3) is 0.909. The maximum atomic E-state index is 8.74. The van der Waals surface area contributed by atoms with Gasteiger partial charge in [0.15, 0.2) is 5.96 Å². The second-order valence-corrected chi connectivity index (χ2v) is 4.47. The summed E-state index contributed by atoms with van der Waals surface area (Å²) in [6.45, 7) is 3.00. The van der Waals surface area contributed by atoms with Gasteiger partial charge in [-0.05, 0) is 25.2 Å². The Morgan fingerprint density at radius 3 is 2.80 bits per heavy atom. The van der Waals surface area contributed by atoms with Crippen molar-refractivity contribution in [1.82, 2.24) is 5.32 Å². The zero-order valence-electron chi connectivity index (χ0n) is 9.58. The molecule has 1 saturated carbocycles. The van der Waals surface area contributed by atoms with Crippen molar-refractivity contribution >= 4 is 5.96 Å². The topological polar surface area (TPSA) is 70.6 Å². The number of aliphatic hydroxyl groups is 1. The zero-order valence-corrected chi connectivity index (χ0v) is 9.58. The van der Waals surface area contributed by atoms with Crippen LogP contribution in [0.25, 0.3) is 0 Å². The second kappa shape index (κ2) is 6.67. The van der Waals surface area contributed by atoms with E-state index >= 15 is 0 Å². The van der Waals surface area contributed by atoms with Gasteiger partial charge in [-0.15, -0.1) is 0 Å². The van der Waals surface area contributed by atoms with Gasteiger partial charge in [-0.25, -0.2) is 0 Å². The summed E-state index contributed by atoms with van der Waals surface area (Å²) >= 11 is 0. The van der Waals surface area contributed by atoms with Crippen LogP contribution in [0.15, 0.2) is 4.99 Å². The Labute approximate surface area is 92.0 Å². The number of rotatable bonds is 5. The van der Waals surface area contributed by atoms with E-state index < -0.39 is 0 Å². The predicted octanol–water partition coefficient (Wildman–Crippen LogP) is 0.852. The molecule has 4 nitrogen and oxygen atoms in total. The highest BCUT2D eigenvalue weighted by atomic mass is 16.3. The van der Waals surface area contributed by atoms with Crippen LogP contribution < -0.4 is 11.1 Å². The van der Waals surface area contributed by atoms with Crippen molar-refractivity contribution in [2.45, 2.75) is 45.1 Å². The molecule has 0 saturated heterocycles. The maximum absolute atomic E-state index is 8.74. The Balaban J connectivity index is 2.19. The van der Waals surface area contributed by atoms with Crippen molar-refractivity contribution in [2.75, 3.05) is 13.2 Å². The van der Waals surface area contributed by atoms with E-state index in [1.54, 1.807) is 0 Å². The normalized spacial score (nSPS) is 20.5. The number of nitrogens with two attached hydrogens (primary N) is 1. The van der Waals surface area contributed by atoms with E-state index in [9.17, 15) is 0 Å². The number of guanidine groups is 1. The quantitative estimate of drug-likeness (QED) is 0.468. The second-order valence-electron chi connectivity index (χ2n) is 4.47. The lowest BCUT2D eigenvalue weighted by Crippen LogP contribution is -2.38. The van der Waals surface area contributed by atoms with Gasteiger partial charge in [-0.3, -0.25) is 4.99 Å². The van der Waals surface area contributed by atoms with E-state index in [1.807, 2.05) is 0 Å². The first kappa shape index (κ1) is 12.3. The molecule has 1 atom stereocenters. The molecule has 0 amide bonds. The van der Waals surface area contributed by atoms with Gasteiger partial charge in [-0.2, -0.15) is 0 Å². The summed E-state index contributed by atoms with van der Waals surface area (Å²) in [6.07, 6.45) is 5.81. The molecular weight excluding hydrogens is 190 g/mol. The zero-order chi connectivity index (χ0) is 11.1. The molecule has 1 aliphatic rings. The average molecular weight is 213 g/mol. The number of hydrogen-bond acceptors (Lipinski definition) is 2. The molecule has 15 heavy (non-hydrogen) atoms. The summed E-state index contributed by atoms with van der Waals surface area (Å²) in [5, 5.41) is 12.0.